The lowest BCUT2D eigenvalue weighted by molar-refractivity contribution is -0.118. The lowest BCUT2D eigenvalue weighted by atomic mass is 9.76. The van der Waals surface area contributed by atoms with Crippen molar-refractivity contribution in [3.05, 3.63) is 35.9 Å². The Morgan fingerprint density at radius 2 is 1.64 bits per heavy atom. The number of rotatable bonds is 7. The number of ketones is 1. The Bertz CT molecular complexity index is 488. The van der Waals surface area contributed by atoms with Gasteiger partial charge in [-0.1, -0.05) is 58.0 Å². The molecule has 0 saturated carbocycles. The zero-order valence-electron chi connectivity index (χ0n) is 15.3. The lowest BCUT2D eigenvalue weighted by Crippen LogP contribution is -2.42. The molecule has 124 valence electrons. The normalized spacial score (nSPS) is 15.4. The third-order valence-corrected chi connectivity index (χ3v) is 9.57. The van der Waals surface area contributed by atoms with Crippen LogP contribution in [0.5, 0.6) is 0 Å². The molecule has 0 heterocycles. The van der Waals surface area contributed by atoms with Crippen molar-refractivity contribution in [2.75, 3.05) is 6.61 Å². The van der Waals surface area contributed by atoms with E-state index in [4.69, 9.17) is 4.43 Å². The van der Waals surface area contributed by atoms with Gasteiger partial charge in [0, 0.05) is 18.4 Å². The summed E-state index contributed by atoms with van der Waals surface area (Å²) in [5, 5.41) is 0.219. The van der Waals surface area contributed by atoms with Crippen LogP contribution >= 0.6 is 0 Å². The number of Topliss-reactive ketones (excluding diaryl/α,β-unsaturated/α-hetero) is 1. The minimum Gasteiger partial charge on any atom is -0.417 e. The van der Waals surface area contributed by atoms with E-state index in [1.807, 2.05) is 18.2 Å². The first-order chi connectivity index (χ1) is 9.98. The van der Waals surface area contributed by atoms with Gasteiger partial charge in [0.2, 0.25) is 0 Å². The molecule has 0 amide bonds. The van der Waals surface area contributed by atoms with Crippen LogP contribution in [0.1, 0.15) is 53.0 Å². The SMILES string of the molecule is CC(=O)C[C@](C)(CCO[Si](C)(C)C(C)(C)C)c1ccccc1. The maximum atomic E-state index is 11.7. The van der Waals surface area contributed by atoms with Gasteiger partial charge in [-0.15, -0.1) is 0 Å². The molecule has 1 atom stereocenters. The van der Waals surface area contributed by atoms with Crippen LogP contribution < -0.4 is 0 Å². The van der Waals surface area contributed by atoms with E-state index in [1.54, 1.807) is 6.92 Å². The van der Waals surface area contributed by atoms with E-state index in [2.05, 4.69) is 52.9 Å². The van der Waals surface area contributed by atoms with E-state index < -0.39 is 8.32 Å². The molecule has 0 aromatic heterocycles. The van der Waals surface area contributed by atoms with Crippen molar-refractivity contribution in [2.45, 2.75) is 71.0 Å². The first-order valence-electron chi connectivity index (χ1n) is 8.17. The maximum Gasteiger partial charge on any atom is 0.191 e. The topological polar surface area (TPSA) is 26.3 Å². The maximum absolute atomic E-state index is 11.7. The summed E-state index contributed by atoms with van der Waals surface area (Å²) in [5.41, 5.74) is 1.08. The van der Waals surface area contributed by atoms with E-state index in [9.17, 15) is 4.79 Å². The second kappa shape index (κ2) is 7.09. The summed E-state index contributed by atoms with van der Waals surface area (Å²) in [7, 11) is -1.73. The Morgan fingerprint density at radius 1 is 1.09 bits per heavy atom. The average molecular weight is 321 g/mol. The number of carbonyl (C=O) groups is 1. The molecule has 0 radical (unpaired) electrons. The zero-order valence-corrected chi connectivity index (χ0v) is 16.3. The molecule has 0 aliphatic heterocycles. The van der Waals surface area contributed by atoms with Gasteiger partial charge in [-0.3, -0.25) is 4.79 Å². The second-order valence-corrected chi connectivity index (χ2v) is 13.0. The third kappa shape index (κ3) is 5.06. The highest BCUT2D eigenvalue weighted by atomic mass is 28.4. The highest BCUT2D eigenvalue weighted by Crippen LogP contribution is 2.38. The number of carbonyl (C=O) groups excluding carboxylic acids is 1. The lowest BCUT2D eigenvalue weighted by Gasteiger charge is -2.38. The monoisotopic (exact) mass is 320 g/mol. The van der Waals surface area contributed by atoms with Crippen LogP contribution in [0.25, 0.3) is 0 Å². The average Bonchev–Trinajstić information content (AvgIpc) is 2.37. The quantitative estimate of drug-likeness (QED) is 0.634. The van der Waals surface area contributed by atoms with E-state index in [0.29, 0.717) is 6.42 Å². The molecule has 2 nitrogen and oxygen atoms in total. The van der Waals surface area contributed by atoms with Gasteiger partial charge in [-0.2, -0.15) is 0 Å². The molecule has 1 rings (SSSR count). The molecule has 0 bridgehead atoms. The Hall–Kier alpha value is -0.933. The zero-order chi connectivity index (χ0) is 17.0. The minimum atomic E-state index is -1.73. The number of hydrogen-bond donors (Lipinski definition) is 0. The Labute approximate surface area is 137 Å². The molecule has 1 aromatic carbocycles. The van der Waals surface area contributed by atoms with Crippen molar-refractivity contribution >= 4 is 14.1 Å². The van der Waals surface area contributed by atoms with Crippen molar-refractivity contribution in [1.82, 2.24) is 0 Å². The summed E-state index contributed by atoms with van der Waals surface area (Å²) < 4.78 is 6.32. The molecule has 0 aliphatic carbocycles. The summed E-state index contributed by atoms with van der Waals surface area (Å²) in [5.74, 6) is 0.235. The van der Waals surface area contributed by atoms with E-state index in [1.165, 1.54) is 5.56 Å². The van der Waals surface area contributed by atoms with Crippen LogP contribution in [-0.2, 0) is 14.6 Å². The van der Waals surface area contributed by atoms with Gasteiger partial charge in [-0.05, 0) is 37.0 Å². The fourth-order valence-electron chi connectivity index (χ4n) is 2.47. The number of hydrogen-bond acceptors (Lipinski definition) is 2. The molecular formula is C19H32O2Si. The highest BCUT2D eigenvalue weighted by molar-refractivity contribution is 6.74. The fourth-order valence-corrected chi connectivity index (χ4v) is 3.52. The second-order valence-electron chi connectivity index (χ2n) is 8.16. The fraction of sp³-hybridized carbons (Fsp3) is 0.632. The van der Waals surface area contributed by atoms with Gasteiger partial charge in [0.25, 0.3) is 0 Å². The summed E-state index contributed by atoms with van der Waals surface area (Å²) in [6.45, 7) is 15.9. The van der Waals surface area contributed by atoms with E-state index >= 15 is 0 Å². The van der Waals surface area contributed by atoms with Crippen molar-refractivity contribution in [1.29, 1.82) is 0 Å². The molecule has 0 unspecified atom stereocenters. The van der Waals surface area contributed by atoms with E-state index in [0.717, 1.165) is 13.0 Å². The summed E-state index contributed by atoms with van der Waals surface area (Å²) in [6.07, 6.45) is 1.45. The van der Waals surface area contributed by atoms with Crippen LogP contribution in [0.3, 0.4) is 0 Å². The summed E-state index contributed by atoms with van der Waals surface area (Å²) in [6, 6.07) is 10.3. The van der Waals surface area contributed by atoms with Gasteiger partial charge in [0.05, 0.1) is 0 Å². The molecule has 0 fully saturated rings. The highest BCUT2D eigenvalue weighted by Gasteiger charge is 2.38. The first-order valence-corrected chi connectivity index (χ1v) is 11.1. The summed E-state index contributed by atoms with van der Waals surface area (Å²) in [4.78, 5) is 11.7. The Morgan fingerprint density at radius 3 is 2.09 bits per heavy atom. The van der Waals surface area contributed by atoms with Crippen LogP contribution in [0.2, 0.25) is 18.1 Å². The van der Waals surface area contributed by atoms with Gasteiger partial charge >= 0.3 is 0 Å². The van der Waals surface area contributed by atoms with Gasteiger partial charge in [0.15, 0.2) is 8.32 Å². The Kier molecular flexibility index (Phi) is 6.16. The molecule has 22 heavy (non-hydrogen) atoms. The van der Waals surface area contributed by atoms with Crippen molar-refractivity contribution in [3.63, 3.8) is 0 Å². The van der Waals surface area contributed by atoms with Crippen LogP contribution in [0.15, 0.2) is 30.3 Å². The van der Waals surface area contributed by atoms with Crippen LogP contribution in [0, 0.1) is 0 Å². The van der Waals surface area contributed by atoms with E-state index in [-0.39, 0.29) is 16.2 Å². The predicted octanol–water partition coefficient (Wildman–Crippen LogP) is 5.34. The largest absolute Gasteiger partial charge is 0.417 e. The molecule has 0 N–H and O–H groups in total. The Balaban J connectivity index is 2.82. The first kappa shape index (κ1) is 19.1. The molecule has 0 spiro atoms. The summed E-state index contributed by atoms with van der Waals surface area (Å²) >= 11 is 0. The molecule has 0 aliphatic rings. The molecule has 3 heteroatoms. The standard InChI is InChI=1S/C19H32O2Si/c1-16(20)15-19(5,17-11-9-8-10-12-17)13-14-21-22(6,7)18(2,3)4/h8-12H,13-15H2,1-7H3/t19-/m0/s1. The molecule has 1 aromatic rings. The molecular weight excluding hydrogens is 288 g/mol. The van der Waals surface area contributed by atoms with Crippen molar-refractivity contribution in [3.8, 4) is 0 Å². The third-order valence-electron chi connectivity index (χ3n) is 5.03. The van der Waals surface area contributed by atoms with Gasteiger partial charge in [0.1, 0.15) is 5.78 Å². The van der Waals surface area contributed by atoms with Gasteiger partial charge in [-0.25, -0.2) is 0 Å². The smallest absolute Gasteiger partial charge is 0.191 e. The predicted molar refractivity (Wildman–Crippen MR) is 96.9 cm³/mol. The number of benzene rings is 1. The molecule has 0 saturated heterocycles. The van der Waals surface area contributed by atoms with Gasteiger partial charge < -0.3 is 4.43 Å². The van der Waals surface area contributed by atoms with Crippen LogP contribution in [-0.4, -0.2) is 20.7 Å². The van der Waals surface area contributed by atoms with Crippen molar-refractivity contribution < 1.29 is 9.22 Å². The van der Waals surface area contributed by atoms with Crippen molar-refractivity contribution in [2.24, 2.45) is 0 Å². The minimum absolute atomic E-state index is 0.143. The van der Waals surface area contributed by atoms with Crippen LogP contribution in [0.4, 0.5) is 0 Å².